The first-order valence-corrected chi connectivity index (χ1v) is 8.91. The molecule has 8 nitrogen and oxygen atoms in total. The van der Waals surface area contributed by atoms with E-state index in [9.17, 15) is 9.59 Å². The predicted molar refractivity (Wildman–Crippen MR) is 98.1 cm³/mol. The lowest BCUT2D eigenvalue weighted by atomic mass is 10.1. The molecule has 144 valence electrons. The van der Waals surface area contributed by atoms with Crippen LogP contribution in [0.5, 0.6) is 5.75 Å². The number of nitrogens with zero attached hydrogens (tertiary/aromatic N) is 3. The summed E-state index contributed by atoms with van der Waals surface area (Å²) in [6.45, 7) is 2.56. The van der Waals surface area contributed by atoms with E-state index in [4.69, 9.17) is 9.47 Å². The van der Waals surface area contributed by atoms with E-state index in [1.165, 1.54) is 0 Å². The Balaban J connectivity index is 1.63. The quantitative estimate of drug-likeness (QED) is 0.784. The molecule has 8 heteroatoms. The minimum absolute atomic E-state index is 0.0587. The van der Waals surface area contributed by atoms with Gasteiger partial charge >= 0.3 is 0 Å². The van der Waals surface area contributed by atoms with Crippen LogP contribution >= 0.6 is 0 Å². The summed E-state index contributed by atoms with van der Waals surface area (Å²) in [5.41, 5.74) is 0.952. The Labute approximate surface area is 158 Å². The van der Waals surface area contributed by atoms with Crippen LogP contribution in [0.2, 0.25) is 0 Å². The van der Waals surface area contributed by atoms with Crippen molar-refractivity contribution in [1.82, 2.24) is 19.8 Å². The van der Waals surface area contributed by atoms with Crippen molar-refractivity contribution in [2.75, 3.05) is 33.4 Å². The lowest BCUT2D eigenvalue weighted by molar-refractivity contribution is -0.139. The van der Waals surface area contributed by atoms with Gasteiger partial charge in [-0.15, -0.1) is 0 Å². The van der Waals surface area contributed by atoms with Gasteiger partial charge in [0, 0.05) is 32.0 Å². The normalized spacial score (nSPS) is 15.2. The third-order valence-electron chi connectivity index (χ3n) is 4.54. The van der Waals surface area contributed by atoms with Crippen LogP contribution in [0, 0.1) is 0 Å². The molecular weight excluding hydrogens is 348 g/mol. The fourth-order valence-corrected chi connectivity index (χ4v) is 2.94. The largest absolute Gasteiger partial charge is 0.497 e. The molecule has 27 heavy (non-hydrogen) atoms. The van der Waals surface area contributed by atoms with Crippen LogP contribution in [0.25, 0.3) is 0 Å². The number of benzene rings is 1. The Bertz CT molecular complexity index is 740. The molecule has 0 radical (unpaired) electrons. The molecule has 0 unspecified atom stereocenters. The highest BCUT2D eigenvalue weighted by atomic mass is 16.5. The molecule has 1 saturated heterocycles. The van der Waals surface area contributed by atoms with Crippen LogP contribution in [-0.2, 0) is 20.9 Å². The van der Waals surface area contributed by atoms with Gasteiger partial charge < -0.3 is 24.3 Å². The number of carbonyl (C=O) groups excluding carboxylic acids is 2. The number of ether oxygens (including phenoxy) is 2. The van der Waals surface area contributed by atoms with Crippen LogP contribution < -0.4 is 10.1 Å². The highest BCUT2D eigenvalue weighted by Gasteiger charge is 2.26. The molecule has 1 aromatic heterocycles. The van der Waals surface area contributed by atoms with E-state index in [-0.39, 0.29) is 18.2 Å². The van der Waals surface area contributed by atoms with E-state index >= 15 is 0 Å². The number of morpholine rings is 1. The maximum absolute atomic E-state index is 12.8. The molecule has 1 aliphatic heterocycles. The number of carbonyl (C=O) groups is 2. The third kappa shape index (κ3) is 5.07. The molecule has 1 aromatic carbocycles. The molecule has 3 rings (SSSR count). The molecule has 2 aromatic rings. The van der Waals surface area contributed by atoms with Gasteiger partial charge in [0.05, 0.1) is 33.1 Å². The van der Waals surface area contributed by atoms with Crippen molar-refractivity contribution in [1.29, 1.82) is 0 Å². The molecule has 1 aliphatic rings. The maximum Gasteiger partial charge on any atom is 0.243 e. The van der Waals surface area contributed by atoms with E-state index in [1.807, 2.05) is 24.3 Å². The molecular formula is C19H24N4O4. The zero-order chi connectivity index (χ0) is 19.1. The Morgan fingerprint density at radius 2 is 2.00 bits per heavy atom. The van der Waals surface area contributed by atoms with E-state index in [0.717, 1.165) is 11.3 Å². The first-order valence-electron chi connectivity index (χ1n) is 8.91. The van der Waals surface area contributed by atoms with Crippen LogP contribution in [0.3, 0.4) is 0 Å². The first-order chi connectivity index (χ1) is 13.2. The molecule has 0 saturated carbocycles. The number of hydrogen-bond donors (Lipinski definition) is 1. The Morgan fingerprint density at radius 3 is 2.63 bits per heavy atom. The number of nitrogens with one attached hydrogen (secondary N) is 1. The van der Waals surface area contributed by atoms with Gasteiger partial charge in [-0.05, 0) is 17.7 Å². The number of aromatic nitrogens is 2. The van der Waals surface area contributed by atoms with Gasteiger partial charge in [0.1, 0.15) is 11.8 Å². The number of imidazole rings is 1. The summed E-state index contributed by atoms with van der Waals surface area (Å²) in [6.07, 6.45) is 4.95. The van der Waals surface area contributed by atoms with Gasteiger partial charge in [0.25, 0.3) is 0 Å². The van der Waals surface area contributed by atoms with Crippen molar-refractivity contribution in [2.24, 2.45) is 0 Å². The van der Waals surface area contributed by atoms with Gasteiger partial charge in [-0.3, -0.25) is 9.59 Å². The molecule has 2 heterocycles. The van der Waals surface area contributed by atoms with Crippen molar-refractivity contribution >= 4 is 11.8 Å². The van der Waals surface area contributed by atoms with E-state index in [0.29, 0.717) is 32.8 Å². The topological polar surface area (TPSA) is 85.7 Å². The summed E-state index contributed by atoms with van der Waals surface area (Å²) in [4.78, 5) is 31.1. The van der Waals surface area contributed by atoms with Crippen molar-refractivity contribution < 1.29 is 19.1 Å². The minimum atomic E-state index is -0.638. The highest BCUT2D eigenvalue weighted by Crippen LogP contribution is 2.16. The summed E-state index contributed by atoms with van der Waals surface area (Å²) in [7, 11) is 1.61. The first kappa shape index (κ1) is 18.9. The molecule has 0 bridgehead atoms. The lowest BCUT2D eigenvalue weighted by Crippen LogP contribution is -2.43. The maximum atomic E-state index is 12.8. The van der Waals surface area contributed by atoms with Crippen molar-refractivity contribution in [2.45, 2.75) is 19.0 Å². The summed E-state index contributed by atoms with van der Waals surface area (Å²) in [5.74, 6) is 0.486. The number of rotatable bonds is 7. The van der Waals surface area contributed by atoms with Gasteiger partial charge in [-0.25, -0.2) is 4.98 Å². The summed E-state index contributed by atoms with van der Waals surface area (Å²) in [6, 6.07) is 6.84. The SMILES string of the molecule is COc1ccc(CNC(=O)[C@@H](CC(=O)N2CCOCC2)n2ccnc2)cc1. The van der Waals surface area contributed by atoms with Crippen LogP contribution in [-0.4, -0.2) is 59.7 Å². The smallest absolute Gasteiger partial charge is 0.243 e. The monoisotopic (exact) mass is 372 g/mol. The van der Waals surface area contributed by atoms with Crippen molar-refractivity contribution in [3.8, 4) is 5.75 Å². The van der Waals surface area contributed by atoms with Gasteiger partial charge in [0.2, 0.25) is 11.8 Å². The minimum Gasteiger partial charge on any atom is -0.497 e. The second-order valence-electron chi connectivity index (χ2n) is 6.29. The second-order valence-corrected chi connectivity index (χ2v) is 6.29. The molecule has 0 spiro atoms. The summed E-state index contributed by atoms with van der Waals surface area (Å²) in [5, 5.41) is 2.91. The molecule has 2 amide bonds. The van der Waals surface area contributed by atoms with Crippen LogP contribution in [0.15, 0.2) is 43.0 Å². The van der Waals surface area contributed by atoms with Gasteiger partial charge in [-0.1, -0.05) is 12.1 Å². The Hall–Kier alpha value is -2.87. The van der Waals surface area contributed by atoms with Gasteiger partial charge in [-0.2, -0.15) is 0 Å². The summed E-state index contributed by atoms with van der Waals surface area (Å²) >= 11 is 0. The fraction of sp³-hybridized carbons (Fsp3) is 0.421. The molecule has 0 aliphatic carbocycles. The zero-order valence-corrected chi connectivity index (χ0v) is 15.3. The Kier molecular flexibility index (Phi) is 6.43. The van der Waals surface area contributed by atoms with Crippen LogP contribution in [0.4, 0.5) is 0 Å². The van der Waals surface area contributed by atoms with Crippen LogP contribution in [0.1, 0.15) is 18.0 Å². The predicted octanol–water partition coefficient (Wildman–Crippen LogP) is 0.998. The number of amides is 2. The number of methoxy groups -OCH3 is 1. The van der Waals surface area contributed by atoms with Gasteiger partial charge in [0.15, 0.2) is 0 Å². The van der Waals surface area contributed by atoms with Crippen molar-refractivity contribution in [3.05, 3.63) is 48.5 Å². The Morgan fingerprint density at radius 1 is 1.26 bits per heavy atom. The molecule has 1 N–H and O–H groups in total. The average Bonchev–Trinajstić information content (AvgIpc) is 3.25. The van der Waals surface area contributed by atoms with E-state index < -0.39 is 6.04 Å². The van der Waals surface area contributed by atoms with Crippen molar-refractivity contribution in [3.63, 3.8) is 0 Å². The molecule has 1 fully saturated rings. The standard InChI is InChI=1S/C19H24N4O4/c1-26-16-4-2-15(3-5-16)13-21-19(25)17(23-7-6-20-14-23)12-18(24)22-8-10-27-11-9-22/h2-7,14,17H,8-13H2,1H3,(H,21,25)/t17-/m1/s1. The fourth-order valence-electron chi connectivity index (χ4n) is 2.94. The molecule has 1 atom stereocenters. The average molecular weight is 372 g/mol. The third-order valence-corrected chi connectivity index (χ3v) is 4.54. The highest BCUT2D eigenvalue weighted by molar-refractivity contribution is 5.87. The summed E-state index contributed by atoms with van der Waals surface area (Å²) < 4.78 is 12.1. The number of hydrogen-bond acceptors (Lipinski definition) is 5. The van der Waals surface area contributed by atoms with E-state index in [2.05, 4.69) is 10.3 Å². The second kappa shape index (κ2) is 9.18. The lowest BCUT2D eigenvalue weighted by Gasteiger charge is -2.28. The van der Waals surface area contributed by atoms with E-state index in [1.54, 1.807) is 35.3 Å². The zero-order valence-electron chi connectivity index (χ0n) is 15.3.